The van der Waals surface area contributed by atoms with Crippen molar-refractivity contribution in [2.24, 2.45) is 11.8 Å². The molecule has 1 aliphatic rings. The van der Waals surface area contributed by atoms with Gasteiger partial charge in [0.05, 0.1) is 13.3 Å². The fourth-order valence-electron chi connectivity index (χ4n) is 3.71. The predicted octanol–water partition coefficient (Wildman–Crippen LogP) is 3.96. The molecule has 20 heavy (non-hydrogen) atoms. The largest absolute Gasteiger partial charge is 0.495 e. The van der Waals surface area contributed by atoms with Crippen LogP contribution in [0.4, 0.5) is 0 Å². The molecule has 0 bridgehead atoms. The molecule has 1 fully saturated rings. The van der Waals surface area contributed by atoms with E-state index in [-0.39, 0.29) is 0 Å². The molecule has 3 nitrogen and oxygen atoms in total. The van der Waals surface area contributed by atoms with Crippen LogP contribution in [0.2, 0.25) is 0 Å². The Morgan fingerprint density at radius 3 is 2.85 bits per heavy atom. The smallest absolute Gasteiger partial charge is 0.141 e. The SMILES string of the molecule is CCNC(c1ccncc1OC)C1CCCCC1CC. The summed E-state index contributed by atoms with van der Waals surface area (Å²) < 4.78 is 5.53. The second kappa shape index (κ2) is 7.63. The van der Waals surface area contributed by atoms with Crippen LogP contribution in [-0.2, 0) is 0 Å². The Kier molecular flexibility index (Phi) is 5.84. The van der Waals surface area contributed by atoms with Crippen molar-refractivity contribution >= 4 is 0 Å². The van der Waals surface area contributed by atoms with E-state index in [1.165, 1.54) is 37.7 Å². The molecule has 0 aliphatic heterocycles. The van der Waals surface area contributed by atoms with Crippen molar-refractivity contribution in [2.75, 3.05) is 13.7 Å². The summed E-state index contributed by atoms with van der Waals surface area (Å²) in [6.07, 6.45) is 10.4. The molecular formula is C17H28N2O. The Bertz CT molecular complexity index is 408. The second-order valence-electron chi connectivity index (χ2n) is 5.77. The number of nitrogens with zero attached hydrogens (tertiary/aromatic N) is 1. The standard InChI is InChI=1S/C17H28N2O/c1-4-13-8-6-7-9-14(13)17(19-5-2)15-10-11-18-12-16(15)20-3/h10-14,17,19H,4-9H2,1-3H3. The van der Waals surface area contributed by atoms with E-state index in [0.29, 0.717) is 12.0 Å². The zero-order valence-electron chi connectivity index (χ0n) is 13.1. The fraction of sp³-hybridized carbons (Fsp3) is 0.706. The van der Waals surface area contributed by atoms with Crippen LogP contribution in [0.3, 0.4) is 0 Å². The van der Waals surface area contributed by atoms with Gasteiger partial charge in [0.25, 0.3) is 0 Å². The Morgan fingerprint density at radius 1 is 1.35 bits per heavy atom. The van der Waals surface area contributed by atoms with E-state index in [1.54, 1.807) is 7.11 Å². The first-order chi connectivity index (χ1) is 9.81. The molecule has 3 unspecified atom stereocenters. The van der Waals surface area contributed by atoms with Crippen molar-refractivity contribution in [3.05, 3.63) is 24.0 Å². The van der Waals surface area contributed by atoms with Gasteiger partial charge in [0.2, 0.25) is 0 Å². The quantitative estimate of drug-likeness (QED) is 0.854. The molecule has 2 rings (SSSR count). The van der Waals surface area contributed by atoms with Crippen LogP contribution >= 0.6 is 0 Å². The van der Waals surface area contributed by atoms with Crippen molar-refractivity contribution in [3.8, 4) is 5.75 Å². The van der Waals surface area contributed by atoms with E-state index in [9.17, 15) is 0 Å². The molecule has 1 heterocycles. The van der Waals surface area contributed by atoms with Crippen molar-refractivity contribution in [2.45, 2.75) is 52.0 Å². The van der Waals surface area contributed by atoms with Gasteiger partial charge in [-0.2, -0.15) is 0 Å². The number of methoxy groups -OCH3 is 1. The molecule has 3 atom stereocenters. The normalized spacial score (nSPS) is 24.4. The van der Waals surface area contributed by atoms with Crippen LogP contribution in [0, 0.1) is 11.8 Å². The highest BCUT2D eigenvalue weighted by atomic mass is 16.5. The average molecular weight is 276 g/mol. The van der Waals surface area contributed by atoms with Crippen molar-refractivity contribution in [3.63, 3.8) is 0 Å². The van der Waals surface area contributed by atoms with Gasteiger partial charge in [0, 0.05) is 17.8 Å². The van der Waals surface area contributed by atoms with E-state index in [1.807, 2.05) is 12.4 Å². The third kappa shape index (κ3) is 3.32. The summed E-state index contributed by atoms with van der Waals surface area (Å²) in [6.45, 7) is 5.50. The molecule has 1 aromatic rings. The zero-order valence-corrected chi connectivity index (χ0v) is 13.1. The lowest BCUT2D eigenvalue weighted by molar-refractivity contribution is 0.174. The number of nitrogens with one attached hydrogen (secondary N) is 1. The third-order valence-electron chi connectivity index (χ3n) is 4.72. The maximum absolute atomic E-state index is 5.53. The van der Waals surface area contributed by atoms with Crippen molar-refractivity contribution in [1.82, 2.24) is 10.3 Å². The van der Waals surface area contributed by atoms with E-state index >= 15 is 0 Å². The van der Waals surface area contributed by atoms with E-state index in [2.05, 4.69) is 30.2 Å². The van der Waals surface area contributed by atoms with Gasteiger partial charge in [-0.15, -0.1) is 0 Å². The number of pyridine rings is 1. The molecule has 0 spiro atoms. The molecule has 0 radical (unpaired) electrons. The van der Waals surface area contributed by atoms with Gasteiger partial charge < -0.3 is 10.1 Å². The highest BCUT2D eigenvalue weighted by Gasteiger charge is 2.32. The topological polar surface area (TPSA) is 34.2 Å². The predicted molar refractivity (Wildman–Crippen MR) is 82.9 cm³/mol. The minimum absolute atomic E-state index is 0.392. The van der Waals surface area contributed by atoms with E-state index in [0.717, 1.165) is 18.2 Å². The number of hydrogen-bond acceptors (Lipinski definition) is 3. The van der Waals surface area contributed by atoms with Gasteiger partial charge in [0.1, 0.15) is 5.75 Å². The van der Waals surface area contributed by atoms with Gasteiger partial charge in [-0.1, -0.05) is 39.5 Å². The molecule has 0 aromatic carbocycles. The highest BCUT2D eigenvalue weighted by Crippen LogP contribution is 2.42. The lowest BCUT2D eigenvalue weighted by Gasteiger charge is -2.38. The van der Waals surface area contributed by atoms with Gasteiger partial charge in [0.15, 0.2) is 0 Å². The highest BCUT2D eigenvalue weighted by molar-refractivity contribution is 5.33. The lowest BCUT2D eigenvalue weighted by Crippen LogP contribution is -2.34. The van der Waals surface area contributed by atoms with Gasteiger partial charge >= 0.3 is 0 Å². The van der Waals surface area contributed by atoms with Gasteiger partial charge in [-0.05, 0) is 30.9 Å². The Morgan fingerprint density at radius 2 is 2.15 bits per heavy atom. The summed E-state index contributed by atoms with van der Waals surface area (Å²) in [6, 6.07) is 2.51. The number of ether oxygens (including phenoxy) is 1. The van der Waals surface area contributed by atoms with Crippen LogP contribution in [0.5, 0.6) is 5.75 Å². The van der Waals surface area contributed by atoms with Crippen LogP contribution in [-0.4, -0.2) is 18.6 Å². The van der Waals surface area contributed by atoms with Crippen LogP contribution in [0.1, 0.15) is 57.6 Å². The summed E-state index contributed by atoms with van der Waals surface area (Å²) >= 11 is 0. The van der Waals surface area contributed by atoms with Crippen molar-refractivity contribution < 1.29 is 4.74 Å². The van der Waals surface area contributed by atoms with E-state index < -0.39 is 0 Å². The fourth-order valence-corrected chi connectivity index (χ4v) is 3.71. The van der Waals surface area contributed by atoms with Crippen LogP contribution < -0.4 is 10.1 Å². The minimum atomic E-state index is 0.392. The summed E-state index contributed by atoms with van der Waals surface area (Å²) in [5.41, 5.74) is 1.27. The first-order valence-electron chi connectivity index (χ1n) is 8.03. The molecule has 1 N–H and O–H groups in total. The summed E-state index contributed by atoms with van der Waals surface area (Å²) in [7, 11) is 1.74. The number of hydrogen-bond donors (Lipinski definition) is 1. The molecular weight excluding hydrogens is 248 g/mol. The third-order valence-corrected chi connectivity index (χ3v) is 4.72. The number of rotatable bonds is 6. The first kappa shape index (κ1) is 15.3. The van der Waals surface area contributed by atoms with E-state index in [4.69, 9.17) is 4.74 Å². The molecule has 0 amide bonds. The molecule has 1 aromatic heterocycles. The monoisotopic (exact) mass is 276 g/mol. The Hall–Kier alpha value is -1.09. The molecule has 112 valence electrons. The van der Waals surface area contributed by atoms with Gasteiger partial charge in [-0.3, -0.25) is 4.98 Å². The summed E-state index contributed by atoms with van der Waals surface area (Å²) in [5, 5.41) is 3.70. The molecule has 0 saturated heterocycles. The second-order valence-corrected chi connectivity index (χ2v) is 5.77. The zero-order chi connectivity index (χ0) is 14.4. The maximum atomic E-state index is 5.53. The maximum Gasteiger partial charge on any atom is 0.141 e. The summed E-state index contributed by atoms with van der Waals surface area (Å²) in [5.74, 6) is 2.45. The molecule has 3 heteroatoms. The Labute approximate surface area is 123 Å². The van der Waals surface area contributed by atoms with Crippen LogP contribution in [0.15, 0.2) is 18.5 Å². The average Bonchev–Trinajstić information content (AvgIpc) is 2.52. The molecule has 1 aliphatic carbocycles. The Balaban J connectivity index is 2.29. The minimum Gasteiger partial charge on any atom is -0.495 e. The number of aromatic nitrogens is 1. The van der Waals surface area contributed by atoms with Gasteiger partial charge in [-0.25, -0.2) is 0 Å². The first-order valence-corrected chi connectivity index (χ1v) is 8.03. The summed E-state index contributed by atoms with van der Waals surface area (Å²) in [4.78, 5) is 4.19. The molecule has 1 saturated carbocycles. The van der Waals surface area contributed by atoms with Crippen molar-refractivity contribution in [1.29, 1.82) is 0 Å². The van der Waals surface area contributed by atoms with Crippen LogP contribution in [0.25, 0.3) is 0 Å². The lowest BCUT2D eigenvalue weighted by atomic mass is 9.72.